The molecule has 0 saturated heterocycles. The van der Waals surface area contributed by atoms with Gasteiger partial charge in [0.05, 0.1) is 28.4 Å². The van der Waals surface area contributed by atoms with Gasteiger partial charge in [-0.25, -0.2) is 15.0 Å². The molecule has 0 aromatic carbocycles. The number of rotatable bonds is 4. The lowest BCUT2D eigenvalue weighted by molar-refractivity contribution is 0.181. The van der Waals surface area contributed by atoms with Gasteiger partial charge in [-0.2, -0.15) is 0 Å². The molecule has 0 amide bonds. The van der Waals surface area contributed by atoms with Crippen LogP contribution in [0.15, 0.2) is 12.5 Å². The van der Waals surface area contributed by atoms with Gasteiger partial charge in [0.1, 0.15) is 11.5 Å². The largest absolute Gasteiger partial charge is 0.383 e. The smallest absolute Gasteiger partial charge is 0.180 e. The van der Waals surface area contributed by atoms with Gasteiger partial charge in [-0.05, 0) is 35.4 Å². The molecule has 0 bridgehead atoms. The maximum Gasteiger partial charge on any atom is 0.180 e. The second-order valence-corrected chi connectivity index (χ2v) is 5.62. The van der Waals surface area contributed by atoms with E-state index in [1.165, 1.54) is 12.8 Å². The number of hydrogen-bond acceptors (Lipinski definition) is 5. The van der Waals surface area contributed by atoms with Crippen molar-refractivity contribution in [2.24, 2.45) is 0 Å². The molecule has 1 aliphatic rings. The summed E-state index contributed by atoms with van der Waals surface area (Å²) in [5.41, 5.74) is 7.69. The first-order valence-electron chi connectivity index (χ1n) is 6.03. The summed E-state index contributed by atoms with van der Waals surface area (Å²) in [4.78, 5) is 13.1. The lowest BCUT2D eigenvalue weighted by atomic mass is 10.3. The molecule has 100 valence electrons. The normalized spacial score (nSPS) is 14.8. The molecule has 6 nitrogen and oxygen atoms in total. The molecule has 2 aromatic heterocycles. The zero-order chi connectivity index (χ0) is 13.4. The number of imidazole rings is 1. The number of ether oxygens (including phenoxy) is 1. The van der Waals surface area contributed by atoms with Crippen molar-refractivity contribution in [1.82, 2.24) is 19.5 Å². The molecule has 0 aliphatic heterocycles. The van der Waals surface area contributed by atoms with Crippen LogP contribution < -0.4 is 5.73 Å². The van der Waals surface area contributed by atoms with Crippen molar-refractivity contribution >= 4 is 28.4 Å². The first-order chi connectivity index (χ1) is 9.20. The van der Waals surface area contributed by atoms with Crippen molar-refractivity contribution < 1.29 is 4.74 Å². The predicted octanol–water partition coefficient (Wildman–Crippen LogP) is 2.01. The summed E-state index contributed by atoms with van der Waals surface area (Å²) in [5.74, 6) is 1.11. The monoisotopic (exact) mass is 371 g/mol. The van der Waals surface area contributed by atoms with Gasteiger partial charge in [0.15, 0.2) is 5.82 Å². The maximum absolute atomic E-state index is 5.96. The van der Waals surface area contributed by atoms with E-state index in [1.807, 2.05) is 6.33 Å². The van der Waals surface area contributed by atoms with Gasteiger partial charge in [-0.3, -0.25) is 0 Å². The van der Waals surface area contributed by atoms with E-state index in [-0.39, 0.29) is 0 Å². The van der Waals surface area contributed by atoms with E-state index < -0.39 is 0 Å². The minimum atomic E-state index is 0.426. The van der Waals surface area contributed by atoms with Gasteiger partial charge in [0.25, 0.3) is 0 Å². The van der Waals surface area contributed by atoms with E-state index in [1.54, 1.807) is 13.3 Å². The van der Waals surface area contributed by atoms with E-state index in [2.05, 4.69) is 42.1 Å². The quantitative estimate of drug-likeness (QED) is 0.832. The zero-order valence-electron chi connectivity index (χ0n) is 10.5. The average molecular weight is 371 g/mol. The lowest BCUT2D eigenvalue weighted by Crippen LogP contribution is -2.07. The number of nitrogens with zero attached hydrogens (tertiary/aromatic N) is 4. The van der Waals surface area contributed by atoms with Crippen LogP contribution in [0.2, 0.25) is 0 Å². The summed E-state index contributed by atoms with van der Waals surface area (Å²) >= 11 is 2.14. The molecule has 3 rings (SSSR count). The van der Waals surface area contributed by atoms with E-state index in [4.69, 9.17) is 10.5 Å². The highest BCUT2D eigenvalue weighted by atomic mass is 127. The van der Waals surface area contributed by atoms with Crippen LogP contribution in [0.25, 0.3) is 11.5 Å². The van der Waals surface area contributed by atoms with Gasteiger partial charge in [-0.15, -0.1) is 0 Å². The Morgan fingerprint density at radius 2 is 2.26 bits per heavy atom. The van der Waals surface area contributed by atoms with Crippen molar-refractivity contribution in [3.63, 3.8) is 0 Å². The second-order valence-electron chi connectivity index (χ2n) is 4.54. The van der Waals surface area contributed by atoms with E-state index in [0.29, 0.717) is 24.3 Å². The number of methoxy groups -OCH3 is 1. The van der Waals surface area contributed by atoms with E-state index in [0.717, 1.165) is 15.0 Å². The Hall–Kier alpha value is -1.22. The molecule has 0 spiro atoms. The number of aromatic nitrogens is 4. The van der Waals surface area contributed by atoms with Crippen LogP contribution in [0.5, 0.6) is 0 Å². The summed E-state index contributed by atoms with van der Waals surface area (Å²) in [6, 6.07) is 0.535. The van der Waals surface area contributed by atoms with Crippen molar-refractivity contribution in [3.8, 4) is 11.5 Å². The molecule has 1 aliphatic carbocycles. The summed E-state index contributed by atoms with van der Waals surface area (Å²) in [5, 5.41) is 0. The Labute approximate surface area is 124 Å². The Bertz CT molecular complexity index is 608. The molecule has 0 unspecified atom stereocenters. The zero-order valence-corrected chi connectivity index (χ0v) is 12.7. The van der Waals surface area contributed by atoms with Gasteiger partial charge in [0.2, 0.25) is 0 Å². The van der Waals surface area contributed by atoms with Crippen LogP contribution in [0, 0.1) is 3.57 Å². The third-order valence-electron chi connectivity index (χ3n) is 3.06. The molecule has 0 atom stereocenters. The Morgan fingerprint density at radius 3 is 2.95 bits per heavy atom. The molecule has 2 aromatic rings. The molecular formula is C12H14IN5O. The fourth-order valence-electron chi connectivity index (χ4n) is 1.98. The van der Waals surface area contributed by atoms with Crippen molar-refractivity contribution in [2.45, 2.75) is 25.5 Å². The van der Waals surface area contributed by atoms with Crippen molar-refractivity contribution in [3.05, 3.63) is 21.8 Å². The molecule has 0 radical (unpaired) electrons. The number of nitrogen functional groups attached to an aromatic ring is 1. The first kappa shape index (κ1) is 12.8. The van der Waals surface area contributed by atoms with Gasteiger partial charge >= 0.3 is 0 Å². The van der Waals surface area contributed by atoms with Gasteiger partial charge < -0.3 is 15.0 Å². The molecule has 1 saturated carbocycles. The van der Waals surface area contributed by atoms with E-state index >= 15 is 0 Å². The molecule has 2 N–H and O–H groups in total. The Balaban J connectivity index is 2.06. The number of hydrogen-bond donors (Lipinski definition) is 1. The highest BCUT2D eigenvalue weighted by Crippen LogP contribution is 2.37. The maximum atomic E-state index is 5.96. The average Bonchev–Trinajstić information content (AvgIpc) is 3.12. The number of nitrogens with two attached hydrogens (primary N) is 1. The topological polar surface area (TPSA) is 78.9 Å². The third kappa shape index (κ3) is 2.44. The predicted molar refractivity (Wildman–Crippen MR) is 79.4 cm³/mol. The lowest BCUT2D eigenvalue weighted by Gasteiger charge is -2.10. The molecule has 19 heavy (non-hydrogen) atoms. The third-order valence-corrected chi connectivity index (χ3v) is 4.24. The number of halogens is 1. The summed E-state index contributed by atoms with van der Waals surface area (Å²) < 4.78 is 8.12. The minimum absolute atomic E-state index is 0.426. The fraction of sp³-hybridized carbons (Fsp3) is 0.417. The van der Waals surface area contributed by atoms with Crippen molar-refractivity contribution in [2.75, 3.05) is 12.8 Å². The van der Waals surface area contributed by atoms with Crippen LogP contribution in [-0.4, -0.2) is 26.6 Å². The standard InChI is InChI=1S/C12H14IN5O/c1-19-5-8-10(13)11(14)17-12(16-8)9-4-15-6-18(9)7-2-3-7/h4,6-7H,2-3,5H2,1H3,(H2,14,16,17). The molecular weight excluding hydrogens is 357 g/mol. The highest BCUT2D eigenvalue weighted by Gasteiger charge is 2.26. The SMILES string of the molecule is COCc1nc(-c2cncn2C2CC2)nc(N)c1I. The van der Waals surface area contributed by atoms with Crippen LogP contribution in [0.3, 0.4) is 0 Å². The summed E-state index contributed by atoms with van der Waals surface area (Å²) in [6.07, 6.45) is 6.00. The highest BCUT2D eigenvalue weighted by molar-refractivity contribution is 14.1. The van der Waals surface area contributed by atoms with E-state index in [9.17, 15) is 0 Å². The fourth-order valence-corrected chi connectivity index (χ4v) is 2.38. The van der Waals surface area contributed by atoms with Crippen LogP contribution in [0.4, 0.5) is 5.82 Å². The summed E-state index contributed by atoms with van der Waals surface area (Å²) in [6.45, 7) is 0.426. The Morgan fingerprint density at radius 1 is 1.47 bits per heavy atom. The summed E-state index contributed by atoms with van der Waals surface area (Å²) in [7, 11) is 1.64. The van der Waals surface area contributed by atoms with Crippen LogP contribution >= 0.6 is 22.6 Å². The molecule has 1 fully saturated rings. The van der Waals surface area contributed by atoms with Crippen molar-refractivity contribution in [1.29, 1.82) is 0 Å². The Kier molecular flexibility index (Phi) is 3.40. The van der Waals surface area contributed by atoms with Gasteiger partial charge in [-0.1, -0.05) is 0 Å². The minimum Gasteiger partial charge on any atom is -0.383 e. The molecule has 7 heteroatoms. The molecule has 2 heterocycles. The van der Waals surface area contributed by atoms with Crippen LogP contribution in [0.1, 0.15) is 24.6 Å². The van der Waals surface area contributed by atoms with Gasteiger partial charge in [0, 0.05) is 13.2 Å². The van der Waals surface area contributed by atoms with Crippen LogP contribution in [-0.2, 0) is 11.3 Å². The second kappa shape index (κ2) is 5.04. The number of anilines is 1. The first-order valence-corrected chi connectivity index (χ1v) is 7.11.